The maximum atomic E-state index is 12.3. The van der Waals surface area contributed by atoms with E-state index in [4.69, 9.17) is 4.74 Å². The predicted octanol–water partition coefficient (Wildman–Crippen LogP) is 2.71. The van der Waals surface area contributed by atoms with Crippen molar-refractivity contribution < 1.29 is 9.53 Å². The van der Waals surface area contributed by atoms with Crippen molar-refractivity contribution in [1.82, 2.24) is 10.2 Å². The molecule has 4 nitrogen and oxygen atoms in total. The van der Waals surface area contributed by atoms with Crippen LogP contribution in [0, 0.1) is 0 Å². The Morgan fingerprint density at radius 3 is 2.81 bits per heavy atom. The van der Waals surface area contributed by atoms with Crippen molar-refractivity contribution in [3.05, 3.63) is 29.3 Å². The van der Waals surface area contributed by atoms with Crippen LogP contribution in [0.15, 0.2) is 18.2 Å². The SMILES string of the molecule is CNCc1ccc(OC)c(CN2CCCCCCC2=O)c1. The van der Waals surface area contributed by atoms with E-state index in [0.29, 0.717) is 13.0 Å². The smallest absolute Gasteiger partial charge is 0.222 e. The number of likely N-dealkylation sites (tertiary alicyclic amines) is 1. The number of nitrogens with zero attached hydrogens (tertiary/aromatic N) is 1. The molecule has 0 aromatic heterocycles. The molecule has 1 fully saturated rings. The highest BCUT2D eigenvalue weighted by Crippen LogP contribution is 2.23. The van der Waals surface area contributed by atoms with Gasteiger partial charge in [-0.2, -0.15) is 0 Å². The Balaban J connectivity index is 2.15. The number of rotatable bonds is 5. The molecule has 1 saturated heterocycles. The topological polar surface area (TPSA) is 41.6 Å². The lowest BCUT2D eigenvalue weighted by Crippen LogP contribution is -2.32. The second-order valence-corrected chi connectivity index (χ2v) is 5.66. The molecule has 1 aliphatic heterocycles. The van der Waals surface area contributed by atoms with E-state index in [0.717, 1.165) is 37.2 Å². The van der Waals surface area contributed by atoms with Crippen LogP contribution < -0.4 is 10.1 Å². The minimum atomic E-state index is 0.274. The van der Waals surface area contributed by atoms with Gasteiger partial charge in [0.05, 0.1) is 7.11 Å². The van der Waals surface area contributed by atoms with Crippen molar-refractivity contribution in [1.29, 1.82) is 0 Å². The van der Waals surface area contributed by atoms with Crippen LogP contribution in [0.2, 0.25) is 0 Å². The van der Waals surface area contributed by atoms with Crippen molar-refractivity contribution in [3.8, 4) is 5.75 Å². The molecule has 0 spiro atoms. The monoisotopic (exact) mass is 290 g/mol. The Kier molecular flexibility index (Phi) is 6.05. The van der Waals surface area contributed by atoms with Gasteiger partial charge in [0.2, 0.25) is 5.91 Å². The normalized spacial score (nSPS) is 16.5. The third-order valence-electron chi connectivity index (χ3n) is 4.01. The van der Waals surface area contributed by atoms with Gasteiger partial charge >= 0.3 is 0 Å². The zero-order chi connectivity index (χ0) is 15.1. The van der Waals surface area contributed by atoms with Gasteiger partial charge in [-0.25, -0.2) is 0 Å². The molecule has 1 N–H and O–H groups in total. The van der Waals surface area contributed by atoms with Crippen LogP contribution in [0.25, 0.3) is 0 Å². The lowest BCUT2D eigenvalue weighted by Gasteiger charge is -2.26. The summed E-state index contributed by atoms with van der Waals surface area (Å²) < 4.78 is 5.45. The number of benzene rings is 1. The number of carbonyl (C=O) groups is 1. The second kappa shape index (κ2) is 8.03. The van der Waals surface area contributed by atoms with Gasteiger partial charge in [-0.3, -0.25) is 4.79 Å². The Morgan fingerprint density at radius 1 is 1.24 bits per heavy atom. The fourth-order valence-electron chi connectivity index (χ4n) is 2.86. The van der Waals surface area contributed by atoms with E-state index in [2.05, 4.69) is 17.4 Å². The van der Waals surface area contributed by atoms with Crippen molar-refractivity contribution in [2.75, 3.05) is 20.7 Å². The number of hydrogen-bond acceptors (Lipinski definition) is 3. The van der Waals surface area contributed by atoms with Gasteiger partial charge in [0.15, 0.2) is 0 Å². The van der Waals surface area contributed by atoms with Crippen LogP contribution in [-0.4, -0.2) is 31.5 Å². The van der Waals surface area contributed by atoms with E-state index >= 15 is 0 Å². The third-order valence-corrected chi connectivity index (χ3v) is 4.01. The van der Waals surface area contributed by atoms with Crippen LogP contribution in [0.1, 0.15) is 43.2 Å². The van der Waals surface area contributed by atoms with Crippen LogP contribution in [-0.2, 0) is 17.9 Å². The van der Waals surface area contributed by atoms with Crippen molar-refractivity contribution in [3.63, 3.8) is 0 Å². The molecule has 0 atom stereocenters. The average Bonchev–Trinajstić information content (AvgIpc) is 2.48. The molecule has 21 heavy (non-hydrogen) atoms. The summed E-state index contributed by atoms with van der Waals surface area (Å²) in [4.78, 5) is 14.2. The molecule has 116 valence electrons. The van der Waals surface area contributed by atoms with E-state index in [1.165, 1.54) is 18.4 Å². The summed E-state index contributed by atoms with van der Waals surface area (Å²) in [6, 6.07) is 6.20. The zero-order valence-electron chi connectivity index (χ0n) is 13.2. The summed E-state index contributed by atoms with van der Waals surface area (Å²) in [5, 5.41) is 3.16. The van der Waals surface area contributed by atoms with E-state index in [9.17, 15) is 4.79 Å². The Morgan fingerprint density at radius 2 is 2.05 bits per heavy atom. The van der Waals surface area contributed by atoms with E-state index in [1.54, 1.807) is 7.11 Å². The molecule has 1 aromatic rings. The molecule has 0 bridgehead atoms. The first kappa shape index (κ1) is 15.8. The number of carbonyl (C=O) groups excluding carboxylic acids is 1. The maximum absolute atomic E-state index is 12.3. The quantitative estimate of drug-likeness (QED) is 0.906. The molecule has 1 aliphatic rings. The number of amides is 1. The van der Waals surface area contributed by atoms with Gasteiger partial charge in [-0.15, -0.1) is 0 Å². The van der Waals surface area contributed by atoms with Crippen LogP contribution >= 0.6 is 0 Å². The summed E-state index contributed by atoms with van der Waals surface area (Å²) in [5.41, 5.74) is 2.31. The largest absolute Gasteiger partial charge is 0.496 e. The van der Waals surface area contributed by atoms with Gasteiger partial charge in [0.1, 0.15) is 5.75 Å². The first-order valence-corrected chi connectivity index (χ1v) is 7.82. The summed E-state index contributed by atoms with van der Waals surface area (Å²) >= 11 is 0. The summed E-state index contributed by atoms with van der Waals surface area (Å²) in [5.74, 6) is 1.14. The molecular weight excluding hydrogens is 264 g/mol. The van der Waals surface area contributed by atoms with Crippen molar-refractivity contribution in [2.45, 2.75) is 45.2 Å². The number of hydrogen-bond donors (Lipinski definition) is 1. The molecular formula is C17H26N2O2. The summed E-state index contributed by atoms with van der Waals surface area (Å²) in [7, 11) is 3.62. The number of methoxy groups -OCH3 is 1. The molecule has 0 saturated carbocycles. The minimum Gasteiger partial charge on any atom is -0.496 e. The highest BCUT2D eigenvalue weighted by molar-refractivity contribution is 5.76. The fourth-order valence-corrected chi connectivity index (χ4v) is 2.86. The maximum Gasteiger partial charge on any atom is 0.222 e. The van der Waals surface area contributed by atoms with Crippen molar-refractivity contribution in [2.24, 2.45) is 0 Å². The highest BCUT2D eigenvalue weighted by atomic mass is 16.5. The minimum absolute atomic E-state index is 0.274. The summed E-state index contributed by atoms with van der Waals surface area (Å²) in [6.07, 6.45) is 5.20. The Hall–Kier alpha value is -1.55. The fraction of sp³-hybridized carbons (Fsp3) is 0.588. The van der Waals surface area contributed by atoms with Crippen LogP contribution in [0.5, 0.6) is 5.75 Å². The summed E-state index contributed by atoms with van der Waals surface area (Å²) in [6.45, 7) is 2.34. The van der Waals surface area contributed by atoms with Gasteiger partial charge in [-0.1, -0.05) is 18.9 Å². The van der Waals surface area contributed by atoms with E-state index in [1.807, 2.05) is 18.0 Å². The number of nitrogens with one attached hydrogen (secondary N) is 1. The lowest BCUT2D eigenvalue weighted by molar-refractivity contribution is -0.132. The highest BCUT2D eigenvalue weighted by Gasteiger charge is 2.17. The van der Waals surface area contributed by atoms with Crippen LogP contribution in [0.3, 0.4) is 0 Å². The Labute approximate surface area is 127 Å². The first-order chi connectivity index (χ1) is 10.2. The van der Waals surface area contributed by atoms with E-state index < -0.39 is 0 Å². The second-order valence-electron chi connectivity index (χ2n) is 5.66. The van der Waals surface area contributed by atoms with E-state index in [-0.39, 0.29) is 5.91 Å². The first-order valence-electron chi connectivity index (χ1n) is 7.82. The van der Waals surface area contributed by atoms with Crippen LogP contribution in [0.4, 0.5) is 0 Å². The predicted molar refractivity (Wildman–Crippen MR) is 84.3 cm³/mol. The molecule has 1 aromatic carbocycles. The van der Waals surface area contributed by atoms with Gasteiger partial charge < -0.3 is 15.0 Å². The lowest BCUT2D eigenvalue weighted by atomic mass is 10.1. The van der Waals surface area contributed by atoms with Gasteiger partial charge in [-0.05, 0) is 37.6 Å². The third kappa shape index (κ3) is 4.46. The standard InChI is InChI=1S/C17H26N2O2/c1-18-12-14-8-9-16(21-2)15(11-14)13-19-10-6-4-3-5-7-17(19)20/h8-9,11,18H,3-7,10,12-13H2,1-2H3. The average molecular weight is 290 g/mol. The molecule has 1 amide bonds. The molecule has 1 heterocycles. The molecule has 0 aliphatic carbocycles. The van der Waals surface area contributed by atoms with Gasteiger partial charge in [0.25, 0.3) is 0 Å². The number of ether oxygens (including phenoxy) is 1. The molecule has 4 heteroatoms. The molecule has 2 rings (SSSR count). The van der Waals surface area contributed by atoms with Crippen molar-refractivity contribution >= 4 is 5.91 Å². The molecule has 0 unspecified atom stereocenters. The Bertz CT molecular complexity index is 474. The van der Waals surface area contributed by atoms with Gasteiger partial charge in [0, 0.05) is 31.6 Å². The zero-order valence-corrected chi connectivity index (χ0v) is 13.2. The molecule has 0 radical (unpaired) electrons.